The van der Waals surface area contributed by atoms with Crippen LogP contribution in [0, 0.1) is 11.8 Å². The second-order valence-electron chi connectivity index (χ2n) is 3.14. The summed E-state index contributed by atoms with van der Waals surface area (Å²) in [7, 11) is 0. The van der Waals surface area contributed by atoms with Crippen molar-refractivity contribution in [2.24, 2.45) is 11.8 Å². The second kappa shape index (κ2) is 1.37. The summed E-state index contributed by atoms with van der Waals surface area (Å²) < 4.78 is 0. The molecule has 1 saturated carbocycles. The van der Waals surface area contributed by atoms with Gasteiger partial charge in [0, 0.05) is 0 Å². The summed E-state index contributed by atoms with van der Waals surface area (Å²) >= 11 is 0. The Balaban J connectivity index is 2.17. The summed E-state index contributed by atoms with van der Waals surface area (Å²) in [6.07, 6.45) is 6.66. The Morgan fingerprint density at radius 3 is 3.12 bits per heavy atom. The standard InChI is InChI=1S/C8H12/c1-6-3-2-4-7-5-8(6)7/h4,6,8H,2-3,5H2,1H3/t6-,8?/m0/s1. The minimum Gasteiger partial charge on any atom is -0.0850 e. The van der Waals surface area contributed by atoms with E-state index in [1.807, 2.05) is 0 Å². The highest BCUT2D eigenvalue weighted by molar-refractivity contribution is 5.26. The average molecular weight is 108 g/mol. The van der Waals surface area contributed by atoms with E-state index < -0.39 is 0 Å². The van der Waals surface area contributed by atoms with Crippen LogP contribution in [0.25, 0.3) is 0 Å². The maximum atomic E-state index is 2.44. The molecule has 0 nitrogen and oxygen atoms in total. The predicted molar refractivity (Wildman–Crippen MR) is 34.6 cm³/mol. The maximum Gasteiger partial charge on any atom is -0.0140 e. The number of rotatable bonds is 0. The van der Waals surface area contributed by atoms with Crippen LogP contribution >= 0.6 is 0 Å². The summed E-state index contributed by atoms with van der Waals surface area (Å²) in [6.45, 7) is 2.38. The second-order valence-corrected chi connectivity index (χ2v) is 3.14. The van der Waals surface area contributed by atoms with Gasteiger partial charge in [-0.15, -0.1) is 0 Å². The van der Waals surface area contributed by atoms with Crippen molar-refractivity contribution in [3.05, 3.63) is 11.6 Å². The lowest BCUT2D eigenvalue weighted by Crippen LogP contribution is -1.98. The third-order valence-corrected chi connectivity index (χ3v) is 2.49. The van der Waals surface area contributed by atoms with Gasteiger partial charge in [-0.2, -0.15) is 0 Å². The van der Waals surface area contributed by atoms with Crippen molar-refractivity contribution in [2.45, 2.75) is 26.2 Å². The smallest absolute Gasteiger partial charge is 0.0140 e. The van der Waals surface area contributed by atoms with Gasteiger partial charge in [0.2, 0.25) is 0 Å². The lowest BCUT2D eigenvalue weighted by molar-refractivity contribution is 0.475. The van der Waals surface area contributed by atoms with Crippen LogP contribution in [-0.4, -0.2) is 0 Å². The quantitative estimate of drug-likeness (QED) is 0.418. The summed E-state index contributed by atoms with van der Waals surface area (Å²) in [5.74, 6) is 2.04. The highest BCUT2D eigenvalue weighted by Gasteiger charge is 2.35. The molecule has 0 aromatic heterocycles. The van der Waals surface area contributed by atoms with Crippen molar-refractivity contribution in [3.63, 3.8) is 0 Å². The van der Waals surface area contributed by atoms with E-state index in [0.29, 0.717) is 0 Å². The van der Waals surface area contributed by atoms with Gasteiger partial charge in [-0.25, -0.2) is 0 Å². The van der Waals surface area contributed by atoms with Gasteiger partial charge in [0.15, 0.2) is 0 Å². The molecule has 0 spiro atoms. The summed E-state index contributed by atoms with van der Waals surface area (Å²) in [6, 6.07) is 0. The fourth-order valence-corrected chi connectivity index (χ4v) is 1.73. The van der Waals surface area contributed by atoms with Gasteiger partial charge >= 0.3 is 0 Å². The summed E-state index contributed by atoms with van der Waals surface area (Å²) in [5, 5.41) is 0. The van der Waals surface area contributed by atoms with Crippen LogP contribution in [0.3, 0.4) is 0 Å². The topological polar surface area (TPSA) is 0 Å². The van der Waals surface area contributed by atoms with E-state index >= 15 is 0 Å². The molecule has 2 aliphatic carbocycles. The summed E-state index contributed by atoms with van der Waals surface area (Å²) in [5.41, 5.74) is 1.75. The summed E-state index contributed by atoms with van der Waals surface area (Å²) in [4.78, 5) is 0. The van der Waals surface area contributed by atoms with Crippen LogP contribution in [0.5, 0.6) is 0 Å². The molecule has 8 heavy (non-hydrogen) atoms. The molecule has 2 rings (SSSR count). The first kappa shape index (κ1) is 4.60. The molecule has 0 saturated heterocycles. The molecule has 0 amide bonds. The van der Waals surface area contributed by atoms with E-state index in [9.17, 15) is 0 Å². The van der Waals surface area contributed by atoms with Crippen LogP contribution < -0.4 is 0 Å². The fraction of sp³-hybridized carbons (Fsp3) is 0.750. The Labute approximate surface area is 50.6 Å². The molecular weight excluding hydrogens is 96.1 g/mol. The highest BCUT2D eigenvalue weighted by Crippen LogP contribution is 2.48. The zero-order valence-corrected chi connectivity index (χ0v) is 5.35. The first-order valence-electron chi connectivity index (χ1n) is 3.57. The molecule has 0 heteroatoms. The average Bonchev–Trinajstić information content (AvgIpc) is 2.45. The molecule has 44 valence electrons. The van der Waals surface area contributed by atoms with Gasteiger partial charge < -0.3 is 0 Å². The van der Waals surface area contributed by atoms with E-state index in [2.05, 4.69) is 13.0 Å². The Kier molecular flexibility index (Phi) is 0.787. The number of fused-ring (bicyclic) bond motifs is 1. The van der Waals surface area contributed by atoms with Gasteiger partial charge in [0.25, 0.3) is 0 Å². The van der Waals surface area contributed by atoms with E-state index in [4.69, 9.17) is 0 Å². The molecule has 0 N–H and O–H groups in total. The number of hydrogen-bond donors (Lipinski definition) is 0. The van der Waals surface area contributed by atoms with Crippen LogP contribution in [0.2, 0.25) is 0 Å². The van der Waals surface area contributed by atoms with Crippen LogP contribution in [0.4, 0.5) is 0 Å². The van der Waals surface area contributed by atoms with Crippen molar-refractivity contribution >= 4 is 0 Å². The Hall–Kier alpha value is -0.260. The monoisotopic (exact) mass is 108 g/mol. The van der Waals surface area contributed by atoms with E-state index in [1.54, 1.807) is 5.57 Å². The lowest BCUT2D eigenvalue weighted by atomic mass is 9.96. The Bertz CT molecular complexity index is 133. The normalized spacial score (nSPS) is 42.9. The van der Waals surface area contributed by atoms with E-state index in [1.165, 1.54) is 19.3 Å². The third-order valence-electron chi connectivity index (χ3n) is 2.49. The van der Waals surface area contributed by atoms with Crippen LogP contribution in [0.1, 0.15) is 26.2 Å². The lowest BCUT2D eigenvalue weighted by Gasteiger charge is -2.09. The molecule has 0 radical (unpaired) electrons. The number of hydrogen-bond acceptors (Lipinski definition) is 0. The van der Waals surface area contributed by atoms with Crippen molar-refractivity contribution in [3.8, 4) is 0 Å². The van der Waals surface area contributed by atoms with Gasteiger partial charge in [0.1, 0.15) is 0 Å². The first-order chi connectivity index (χ1) is 3.88. The molecule has 0 aromatic rings. The Morgan fingerprint density at radius 2 is 2.50 bits per heavy atom. The van der Waals surface area contributed by atoms with Crippen molar-refractivity contribution in [1.82, 2.24) is 0 Å². The molecule has 2 aliphatic rings. The molecular formula is C8H12. The predicted octanol–water partition coefficient (Wildman–Crippen LogP) is 2.36. The van der Waals surface area contributed by atoms with Gasteiger partial charge in [-0.1, -0.05) is 18.6 Å². The molecule has 1 unspecified atom stereocenters. The molecule has 0 aromatic carbocycles. The van der Waals surface area contributed by atoms with E-state index in [0.717, 1.165) is 11.8 Å². The molecule has 0 aliphatic heterocycles. The van der Waals surface area contributed by atoms with Crippen molar-refractivity contribution in [2.75, 3.05) is 0 Å². The largest absolute Gasteiger partial charge is 0.0850 e. The molecule has 0 bridgehead atoms. The van der Waals surface area contributed by atoms with Gasteiger partial charge in [-0.05, 0) is 31.1 Å². The Morgan fingerprint density at radius 1 is 1.62 bits per heavy atom. The number of allylic oxidation sites excluding steroid dienone is 2. The van der Waals surface area contributed by atoms with Crippen molar-refractivity contribution < 1.29 is 0 Å². The molecule has 0 heterocycles. The first-order valence-corrected chi connectivity index (χ1v) is 3.57. The minimum absolute atomic E-state index is 1.01. The van der Waals surface area contributed by atoms with Gasteiger partial charge in [0.05, 0.1) is 0 Å². The highest BCUT2D eigenvalue weighted by atomic mass is 14.4. The molecule has 1 fully saturated rings. The zero-order chi connectivity index (χ0) is 5.56. The van der Waals surface area contributed by atoms with Gasteiger partial charge in [-0.3, -0.25) is 0 Å². The van der Waals surface area contributed by atoms with Crippen molar-refractivity contribution in [1.29, 1.82) is 0 Å². The van der Waals surface area contributed by atoms with Crippen LogP contribution in [0.15, 0.2) is 11.6 Å². The third kappa shape index (κ3) is 0.521. The fourth-order valence-electron chi connectivity index (χ4n) is 1.73. The SMILES string of the molecule is C[C@H]1CCC=C2CC21. The van der Waals surface area contributed by atoms with E-state index in [-0.39, 0.29) is 0 Å². The van der Waals surface area contributed by atoms with Crippen LogP contribution in [-0.2, 0) is 0 Å². The minimum atomic E-state index is 1.01. The maximum absolute atomic E-state index is 2.44. The molecule has 2 atom stereocenters. The zero-order valence-electron chi connectivity index (χ0n) is 5.35.